The minimum absolute atomic E-state index is 0.152. The summed E-state index contributed by atoms with van der Waals surface area (Å²) in [7, 11) is -2.00. The minimum atomic E-state index is -3.50. The van der Waals surface area contributed by atoms with Gasteiger partial charge in [0.1, 0.15) is 6.04 Å². The summed E-state index contributed by atoms with van der Waals surface area (Å²) in [5.41, 5.74) is 7.40. The Kier molecular flexibility index (Phi) is 5.97. The summed E-state index contributed by atoms with van der Waals surface area (Å²) in [5.74, 6) is -0.213. The molecule has 1 aromatic rings. The molecule has 24 heavy (non-hydrogen) atoms. The second kappa shape index (κ2) is 7.60. The van der Waals surface area contributed by atoms with Gasteiger partial charge < -0.3 is 15.4 Å². The van der Waals surface area contributed by atoms with Crippen LogP contribution in [-0.4, -0.2) is 58.0 Å². The van der Waals surface area contributed by atoms with E-state index < -0.39 is 16.1 Å². The molecular weight excluding hydrogens is 330 g/mol. The normalized spacial score (nSPS) is 15.6. The third-order valence-corrected chi connectivity index (χ3v) is 6.27. The van der Waals surface area contributed by atoms with Crippen molar-refractivity contribution in [3.05, 3.63) is 23.8 Å². The molecule has 1 heterocycles. The first kappa shape index (κ1) is 18.9. The molecule has 1 aliphatic heterocycles. The lowest BCUT2D eigenvalue weighted by molar-refractivity contribution is -0.120. The van der Waals surface area contributed by atoms with Crippen LogP contribution < -0.4 is 10.6 Å². The zero-order chi connectivity index (χ0) is 17.9. The van der Waals surface area contributed by atoms with Gasteiger partial charge in [0.25, 0.3) is 0 Å². The number of sulfonamides is 1. The van der Waals surface area contributed by atoms with Gasteiger partial charge >= 0.3 is 0 Å². The van der Waals surface area contributed by atoms with Crippen LogP contribution in [0.4, 0.5) is 5.69 Å². The number of nitrogens with zero attached hydrogens (tertiary/aromatic N) is 2. The summed E-state index contributed by atoms with van der Waals surface area (Å²) in [6.45, 7) is 5.12. The maximum atomic E-state index is 12.6. The molecule has 0 radical (unpaired) electrons. The molecule has 0 saturated heterocycles. The molecule has 0 saturated carbocycles. The molecule has 0 aromatic heterocycles. The van der Waals surface area contributed by atoms with Gasteiger partial charge in [-0.2, -0.15) is 4.31 Å². The molecule has 0 bridgehead atoms. The number of nitrogens with two attached hydrogens (primary N) is 1. The number of amides is 1. The van der Waals surface area contributed by atoms with Crippen LogP contribution in [0.5, 0.6) is 0 Å². The van der Waals surface area contributed by atoms with E-state index in [1.807, 2.05) is 13.8 Å². The van der Waals surface area contributed by atoms with Crippen molar-refractivity contribution in [2.75, 3.05) is 38.3 Å². The van der Waals surface area contributed by atoms with Crippen molar-refractivity contribution in [1.29, 1.82) is 0 Å². The fourth-order valence-corrected chi connectivity index (χ4v) is 4.44. The molecule has 1 unspecified atom stereocenters. The predicted molar refractivity (Wildman–Crippen MR) is 92.5 cm³/mol. The van der Waals surface area contributed by atoms with Crippen molar-refractivity contribution in [3.63, 3.8) is 0 Å². The van der Waals surface area contributed by atoms with E-state index >= 15 is 0 Å². The van der Waals surface area contributed by atoms with Crippen LogP contribution in [-0.2, 0) is 26.0 Å². The van der Waals surface area contributed by atoms with Crippen molar-refractivity contribution in [2.45, 2.75) is 31.2 Å². The van der Waals surface area contributed by atoms with E-state index in [2.05, 4.69) is 0 Å². The van der Waals surface area contributed by atoms with Gasteiger partial charge in [-0.1, -0.05) is 13.8 Å². The molecular formula is C16H25N3O4S. The van der Waals surface area contributed by atoms with Crippen molar-refractivity contribution in [3.8, 4) is 0 Å². The lowest BCUT2D eigenvalue weighted by Gasteiger charge is -2.22. The summed E-state index contributed by atoms with van der Waals surface area (Å²) in [4.78, 5) is 14.2. The highest BCUT2D eigenvalue weighted by atomic mass is 32.2. The molecule has 8 heteroatoms. The average Bonchev–Trinajstić information content (AvgIpc) is 2.98. The summed E-state index contributed by atoms with van der Waals surface area (Å²) in [6.07, 6.45) is 0.613. The molecule has 1 atom stereocenters. The SMILES string of the molecule is CCN(CC)S(=O)(=O)c1ccc2c(c1)CCN2C(=O)C(N)COC. The van der Waals surface area contributed by atoms with Crippen LogP contribution in [0.15, 0.2) is 23.1 Å². The third kappa shape index (κ3) is 3.46. The molecule has 2 rings (SSSR count). The van der Waals surface area contributed by atoms with E-state index in [4.69, 9.17) is 10.5 Å². The van der Waals surface area contributed by atoms with Gasteiger partial charge in [0.05, 0.1) is 11.5 Å². The maximum Gasteiger partial charge on any atom is 0.246 e. The Morgan fingerprint density at radius 3 is 2.62 bits per heavy atom. The van der Waals surface area contributed by atoms with Gasteiger partial charge in [-0.05, 0) is 30.2 Å². The average molecular weight is 355 g/mol. The number of benzene rings is 1. The quantitative estimate of drug-likeness (QED) is 0.772. The second-order valence-corrected chi connectivity index (χ2v) is 7.62. The molecule has 7 nitrogen and oxygen atoms in total. The topological polar surface area (TPSA) is 92.9 Å². The molecule has 0 fully saturated rings. The maximum absolute atomic E-state index is 12.6. The number of anilines is 1. The Labute approximate surface area is 143 Å². The first-order valence-electron chi connectivity index (χ1n) is 8.05. The first-order chi connectivity index (χ1) is 11.4. The van der Waals surface area contributed by atoms with Crippen molar-refractivity contribution >= 4 is 21.6 Å². The second-order valence-electron chi connectivity index (χ2n) is 5.68. The number of ether oxygens (including phenoxy) is 1. The largest absolute Gasteiger partial charge is 0.383 e. The van der Waals surface area contributed by atoms with Crippen LogP contribution in [0.25, 0.3) is 0 Å². The van der Waals surface area contributed by atoms with Gasteiger partial charge in [0.2, 0.25) is 15.9 Å². The van der Waals surface area contributed by atoms with Crippen molar-refractivity contribution in [1.82, 2.24) is 4.31 Å². The van der Waals surface area contributed by atoms with Gasteiger partial charge in [-0.3, -0.25) is 4.79 Å². The fraction of sp³-hybridized carbons (Fsp3) is 0.562. The smallest absolute Gasteiger partial charge is 0.246 e. The Morgan fingerprint density at radius 1 is 1.38 bits per heavy atom. The summed E-state index contributed by atoms with van der Waals surface area (Å²) < 4.78 is 31.6. The number of rotatable bonds is 7. The van der Waals surface area contributed by atoms with Gasteiger partial charge in [0, 0.05) is 32.4 Å². The Hall–Kier alpha value is -1.48. The zero-order valence-electron chi connectivity index (χ0n) is 14.4. The molecule has 1 aliphatic rings. The Morgan fingerprint density at radius 2 is 2.04 bits per heavy atom. The summed E-state index contributed by atoms with van der Waals surface area (Å²) >= 11 is 0. The Bertz CT molecular complexity index is 701. The monoisotopic (exact) mass is 355 g/mol. The van der Waals surface area contributed by atoms with Crippen molar-refractivity contribution in [2.24, 2.45) is 5.73 Å². The zero-order valence-corrected chi connectivity index (χ0v) is 15.2. The highest BCUT2D eigenvalue weighted by Gasteiger charge is 2.30. The summed E-state index contributed by atoms with van der Waals surface area (Å²) in [5, 5.41) is 0. The van der Waals surface area contributed by atoms with E-state index in [9.17, 15) is 13.2 Å². The van der Waals surface area contributed by atoms with Crippen LogP contribution >= 0.6 is 0 Å². The highest BCUT2D eigenvalue weighted by Crippen LogP contribution is 2.31. The van der Waals surface area contributed by atoms with Crippen molar-refractivity contribution < 1.29 is 17.9 Å². The van der Waals surface area contributed by atoms with Gasteiger partial charge in [-0.15, -0.1) is 0 Å². The molecule has 0 spiro atoms. The van der Waals surface area contributed by atoms with Crippen LogP contribution in [0.2, 0.25) is 0 Å². The van der Waals surface area contributed by atoms with Crippen LogP contribution in [0.1, 0.15) is 19.4 Å². The minimum Gasteiger partial charge on any atom is -0.383 e. The lowest BCUT2D eigenvalue weighted by atomic mass is 10.2. The van der Waals surface area contributed by atoms with E-state index in [0.717, 1.165) is 11.3 Å². The number of carbonyl (C=O) groups is 1. The van der Waals surface area contributed by atoms with Crippen LogP contribution in [0.3, 0.4) is 0 Å². The number of fused-ring (bicyclic) bond motifs is 1. The molecule has 0 aliphatic carbocycles. The van der Waals surface area contributed by atoms with Gasteiger partial charge in [-0.25, -0.2) is 8.42 Å². The molecule has 1 amide bonds. The van der Waals surface area contributed by atoms with E-state index in [0.29, 0.717) is 26.1 Å². The lowest BCUT2D eigenvalue weighted by Crippen LogP contribution is -2.45. The first-order valence-corrected chi connectivity index (χ1v) is 9.49. The van der Waals surface area contributed by atoms with E-state index in [1.165, 1.54) is 11.4 Å². The molecule has 134 valence electrons. The number of hydrogen-bond acceptors (Lipinski definition) is 5. The van der Waals surface area contributed by atoms with E-state index in [-0.39, 0.29) is 17.4 Å². The summed E-state index contributed by atoms with van der Waals surface area (Å²) in [6, 6.07) is 4.19. The van der Waals surface area contributed by atoms with Gasteiger partial charge in [0.15, 0.2) is 0 Å². The fourth-order valence-electron chi connectivity index (χ4n) is 2.93. The predicted octanol–water partition coefficient (Wildman–Crippen LogP) is 0.580. The standard InChI is InChI=1S/C16H25N3O4S/c1-4-18(5-2)24(21,22)13-6-7-15-12(10-13)8-9-19(15)16(20)14(17)11-23-3/h6-7,10,14H,4-5,8-9,11,17H2,1-3H3. The van der Waals surface area contributed by atoms with Crippen LogP contribution in [0, 0.1) is 0 Å². The number of carbonyl (C=O) groups excluding carboxylic acids is 1. The third-order valence-electron chi connectivity index (χ3n) is 4.22. The highest BCUT2D eigenvalue weighted by molar-refractivity contribution is 7.89. The molecule has 2 N–H and O–H groups in total. The number of methoxy groups -OCH3 is 1. The number of hydrogen-bond donors (Lipinski definition) is 1. The Balaban J connectivity index is 2.30. The molecule has 1 aromatic carbocycles. The van der Waals surface area contributed by atoms with E-state index in [1.54, 1.807) is 23.1 Å².